The standard InChI is InChI=1S/C13H10Cl2FNO3S/c1-20-12-3-2-10(16)7-13(12)21(18,19)17-11-5-8(14)4-9(15)6-11/h2-7,17H,1H3. The minimum absolute atomic E-state index is 0.0250. The molecule has 2 rings (SSSR count). The SMILES string of the molecule is COc1ccc(F)cc1S(=O)(=O)Nc1cc(Cl)cc(Cl)c1. The molecule has 0 radical (unpaired) electrons. The predicted octanol–water partition coefficient (Wildman–Crippen LogP) is 3.94. The molecule has 0 saturated heterocycles. The van der Waals surface area contributed by atoms with Crippen LogP contribution in [0.25, 0.3) is 0 Å². The Morgan fingerprint density at radius 3 is 2.29 bits per heavy atom. The first-order valence-corrected chi connectivity index (χ1v) is 7.88. The topological polar surface area (TPSA) is 55.4 Å². The summed E-state index contributed by atoms with van der Waals surface area (Å²) in [4.78, 5) is -0.318. The van der Waals surface area contributed by atoms with Gasteiger partial charge in [-0.2, -0.15) is 0 Å². The summed E-state index contributed by atoms with van der Waals surface area (Å²) in [5.41, 5.74) is 0.166. The molecule has 0 spiro atoms. The van der Waals surface area contributed by atoms with Crippen LogP contribution in [-0.2, 0) is 10.0 Å². The van der Waals surface area contributed by atoms with E-state index in [1.165, 1.54) is 31.4 Å². The summed E-state index contributed by atoms with van der Waals surface area (Å²) in [5.74, 6) is -0.669. The molecule has 0 heterocycles. The van der Waals surface area contributed by atoms with E-state index in [4.69, 9.17) is 27.9 Å². The second-order valence-corrected chi connectivity index (χ2v) is 6.58. The second kappa shape index (κ2) is 6.09. The lowest BCUT2D eigenvalue weighted by Gasteiger charge is -2.12. The molecule has 0 bridgehead atoms. The monoisotopic (exact) mass is 349 g/mol. The molecule has 112 valence electrons. The maximum Gasteiger partial charge on any atom is 0.265 e. The predicted molar refractivity (Wildman–Crippen MR) is 80.2 cm³/mol. The van der Waals surface area contributed by atoms with Crippen LogP contribution in [0.1, 0.15) is 0 Å². The lowest BCUT2D eigenvalue weighted by atomic mass is 10.3. The molecule has 0 atom stereocenters. The molecule has 0 aliphatic rings. The van der Waals surface area contributed by atoms with E-state index in [1.807, 2.05) is 0 Å². The number of rotatable bonds is 4. The van der Waals surface area contributed by atoms with Crippen molar-refractivity contribution in [3.05, 3.63) is 52.3 Å². The maximum absolute atomic E-state index is 13.3. The van der Waals surface area contributed by atoms with Crippen LogP contribution in [0.4, 0.5) is 10.1 Å². The molecule has 0 saturated carbocycles. The third kappa shape index (κ3) is 3.78. The first kappa shape index (κ1) is 15.9. The minimum atomic E-state index is -4.04. The number of ether oxygens (including phenoxy) is 1. The summed E-state index contributed by atoms with van der Waals surface area (Å²) >= 11 is 11.6. The molecule has 0 amide bonds. The summed E-state index contributed by atoms with van der Waals surface area (Å²) in [6.07, 6.45) is 0. The average Bonchev–Trinajstić information content (AvgIpc) is 2.36. The van der Waals surface area contributed by atoms with Crippen molar-refractivity contribution >= 4 is 38.9 Å². The lowest BCUT2D eigenvalue weighted by Crippen LogP contribution is -2.14. The highest BCUT2D eigenvalue weighted by molar-refractivity contribution is 7.92. The first-order valence-electron chi connectivity index (χ1n) is 5.64. The highest BCUT2D eigenvalue weighted by Crippen LogP contribution is 2.28. The molecule has 8 heteroatoms. The van der Waals surface area contributed by atoms with Gasteiger partial charge in [0, 0.05) is 10.0 Å². The van der Waals surface area contributed by atoms with Crippen LogP contribution in [0.5, 0.6) is 5.75 Å². The van der Waals surface area contributed by atoms with Crippen LogP contribution in [-0.4, -0.2) is 15.5 Å². The van der Waals surface area contributed by atoms with Crippen molar-refractivity contribution in [3.8, 4) is 5.75 Å². The Kier molecular flexibility index (Phi) is 4.61. The number of halogens is 3. The van der Waals surface area contributed by atoms with Crippen LogP contribution in [0.3, 0.4) is 0 Å². The number of hydrogen-bond acceptors (Lipinski definition) is 3. The molecular formula is C13H10Cl2FNO3S. The molecule has 2 aromatic carbocycles. The average molecular weight is 350 g/mol. The van der Waals surface area contributed by atoms with E-state index < -0.39 is 15.8 Å². The van der Waals surface area contributed by atoms with Gasteiger partial charge in [0.2, 0.25) is 0 Å². The summed E-state index contributed by atoms with van der Waals surface area (Å²) in [5, 5.41) is 0.540. The molecule has 21 heavy (non-hydrogen) atoms. The van der Waals surface area contributed by atoms with Crippen molar-refractivity contribution in [1.82, 2.24) is 0 Å². The zero-order valence-corrected chi connectivity index (χ0v) is 13.1. The number of benzene rings is 2. The van der Waals surface area contributed by atoms with Crippen LogP contribution in [0, 0.1) is 5.82 Å². The normalized spacial score (nSPS) is 11.2. The number of methoxy groups -OCH3 is 1. The Morgan fingerprint density at radius 1 is 1.10 bits per heavy atom. The van der Waals surface area contributed by atoms with E-state index in [1.54, 1.807) is 0 Å². The molecule has 0 aliphatic carbocycles. The lowest BCUT2D eigenvalue weighted by molar-refractivity contribution is 0.401. The zero-order chi connectivity index (χ0) is 15.6. The summed E-state index contributed by atoms with van der Waals surface area (Å²) in [6, 6.07) is 7.44. The fourth-order valence-corrected chi connectivity index (χ4v) is 3.43. The fourth-order valence-electron chi connectivity index (χ4n) is 1.68. The van der Waals surface area contributed by atoms with Gasteiger partial charge in [-0.1, -0.05) is 23.2 Å². The molecule has 0 aromatic heterocycles. The van der Waals surface area contributed by atoms with Gasteiger partial charge >= 0.3 is 0 Å². The molecule has 0 unspecified atom stereocenters. The van der Waals surface area contributed by atoms with Crippen molar-refractivity contribution in [2.45, 2.75) is 4.90 Å². The van der Waals surface area contributed by atoms with E-state index in [2.05, 4.69) is 4.72 Å². The van der Waals surface area contributed by atoms with Crippen LogP contribution in [0.2, 0.25) is 10.0 Å². The molecule has 0 fully saturated rings. The van der Waals surface area contributed by atoms with Gasteiger partial charge in [-0.3, -0.25) is 4.72 Å². The third-order valence-electron chi connectivity index (χ3n) is 2.53. The highest BCUT2D eigenvalue weighted by Gasteiger charge is 2.21. The quantitative estimate of drug-likeness (QED) is 0.909. The molecule has 2 aromatic rings. The number of anilines is 1. The molecule has 0 aliphatic heterocycles. The Labute approximate surface area is 131 Å². The molecular weight excluding hydrogens is 340 g/mol. The van der Waals surface area contributed by atoms with Gasteiger partial charge in [0.25, 0.3) is 10.0 Å². The second-order valence-electron chi connectivity index (χ2n) is 4.06. The van der Waals surface area contributed by atoms with Crippen molar-refractivity contribution in [3.63, 3.8) is 0 Å². The Bertz CT molecular complexity index is 761. The van der Waals surface area contributed by atoms with Crippen molar-refractivity contribution in [1.29, 1.82) is 0 Å². The van der Waals surface area contributed by atoms with Gasteiger partial charge in [0.05, 0.1) is 12.8 Å². The third-order valence-corrected chi connectivity index (χ3v) is 4.37. The minimum Gasteiger partial charge on any atom is -0.495 e. The number of hydrogen-bond donors (Lipinski definition) is 1. The van der Waals surface area contributed by atoms with E-state index in [-0.39, 0.29) is 26.4 Å². The highest BCUT2D eigenvalue weighted by atomic mass is 35.5. The van der Waals surface area contributed by atoms with Gasteiger partial charge in [-0.05, 0) is 36.4 Å². The van der Waals surface area contributed by atoms with Gasteiger partial charge in [-0.15, -0.1) is 0 Å². The van der Waals surface area contributed by atoms with Gasteiger partial charge in [0.1, 0.15) is 16.5 Å². The first-order chi connectivity index (χ1) is 9.81. The largest absolute Gasteiger partial charge is 0.495 e. The van der Waals surface area contributed by atoms with Crippen LogP contribution in [0.15, 0.2) is 41.3 Å². The summed E-state index contributed by atoms with van der Waals surface area (Å²) < 4.78 is 45.1. The maximum atomic E-state index is 13.3. The van der Waals surface area contributed by atoms with E-state index in [9.17, 15) is 12.8 Å². The van der Waals surface area contributed by atoms with Crippen molar-refractivity contribution in [2.75, 3.05) is 11.8 Å². The van der Waals surface area contributed by atoms with Gasteiger partial charge in [-0.25, -0.2) is 12.8 Å². The van der Waals surface area contributed by atoms with Crippen molar-refractivity contribution < 1.29 is 17.5 Å². The van der Waals surface area contributed by atoms with Crippen molar-refractivity contribution in [2.24, 2.45) is 0 Å². The molecule has 1 N–H and O–H groups in total. The Hall–Kier alpha value is -1.50. The summed E-state index contributed by atoms with van der Waals surface area (Å²) in [6.45, 7) is 0. The fraction of sp³-hybridized carbons (Fsp3) is 0.0769. The van der Waals surface area contributed by atoms with E-state index in [0.29, 0.717) is 0 Å². The van der Waals surface area contributed by atoms with E-state index in [0.717, 1.165) is 12.1 Å². The Morgan fingerprint density at radius 2 is 1.71 bits per heavy atom. The Balaban J connectivity index is 2.45. The van der Waals surface area contributed by atoms with Crippen LogP contribution >= 0.6 is 23.2 Å². The van der Waals surface area contributed by atoms with Gasteiger partial charge in [0.15, 0.2) is 0 Å². The van der Waals surface area contributed by atoms with Gasteiger partial charge < -0.3 is 4.74 Å². The number of nitrogens with one attached hydrogen (secondary N) is 1. The van der Waals surface area contributed by atoms with Crippen LogP contribution < -0.4 is 9.46 Å². The number of sulfonamides is 1. The van der Waals surface area contributed by atoms with E-state index >= 15 is 0 Å². The summed E-state index contributed by atoms with van der Waals surface area (Å²) in [7, 11) is -2.75. The zero-order valence-electron chi connectivity index (χ0n) is 10.7. The molecule has 4 nitrogen and oxygen atoms in total. The smallest absolute Gasteiger partial charge is 0.265 e.